The molecule has 124 valence electrons. The average molecular weight is 456 g/mol. The second-order valence-electron chi connectivity index (χ2n) is 1.54. The van der Waals surface area contributed by atoms with E-state index in [0.717, 1.165) is 0 Å². The second kappa shape index (κ2) is 23.0. The van der Waals surface area contributed by atoms with Gasteiger partial charge in [-0.25, -0.2) is 13.7 Å². The fourth-order valence-electron chi connectivity index (χ4n) is 0. The van der Waals surface area contributed by atoms with Crippen LogP contribution in [0.4, 0.5) is 0 Å². The van der Waals surface area contributed by atoms with Crippen molar-refractivity contribution < 1.29 is 68.7 Å². The molecule has 0 aliphatic carbocycles. The minimum atomic E-state index is -4.64. The Bertz CT molecular complexity index is 210. The maximum atomic E-state index is 8.88. The molecule has 0 amide bonds. The van der Waals surface area contributed by atoms with Crippen molar-refractivity contribution in [1.82, 2.24) is 0 Å². The molecule has 0 fully saturated rings. The van der Waals surface area contributed by atoms with Crippen LogP contribution in [0.3, 0.4) is 0 Å². The fourth-order valence-corrected chi connectivity index (χ4v) is 0. The van der Waals surface area contributed by atoms with Crippen molar-refractivity contribution in [2.75, 3.05) is 0 Å². The zero-order chi connectivity index (χ0) is 13.5. The summed E-state index contributed by atoms with van der Waals surface area (Å²) in [5.74, 6) is 0. The van der Waals surface area contributed by atoms with Gasteiger partial charge in [-0.2, -0.15) is 0 Å². The predicted molar refractivity (Wildman–Crippen MR) is 75.6 cm³/mol. The second-order valence-corrected chi connectivity index (χ2v) is 4.62. The van der Waals surface area contributed by atoms with E-state index in [0.29, 0.717) is 0 Å². The third-order valence-electron chi connectivity index (χ3n) is 0. The van der Waals surface area contributed by atoms with Crippen molar-refractivity contribution in [3.05, 3.63) is 0 Å². The van der Waals surface area contributed by atoms with Crippen LogP contribution in [-0.2, 0) is 13.7 Å². The topological polar surface area (TPSA) is 296 Å². The van der Waals surface area contributed by atoms with Gasteiger partial charge in [0.25, 0.3) is 0 Å². The van der Waals surface area contributed by atoms with Crippen LogP contribution in [0.2, 0.25) is 0 Å². The zero-order valence-electron chi connectivity index (χ0n) is 7.59. The molecule has 20 heavy (non-hydrogen) atoms. The molecule has 0 aromatic carbocycles. The summed E-state index contributed by atoms with van der Waals surface area (Å²) in [6, 6.07) is 0. The van der Waals surface area contributed by atoms with E-state index in [-0.39, 0.29) is 124 Å². The van der Waals surface area contributed by atoms with E-state index in [2.05, 4.69) is 0 Å². The first-order valence-electron chi connectivity index (χ1n) is 2.35. The van der Waals surface area contributed by atoms with Crippen molar-refractivity contribution in [3.63, 3.8) is 0 Å². The first-order valence-corrected chi connectivity index (χ1v) is 7.04. The molecule has 0 unspecified atom stereocenters. The molecule has 0 rings (SSSR count). The van der Waals surface area contributed by atoms with Crippen LogP contribution in [0, 0.1) is 0 Å². The van der Waals surface area contributed by atoms with Gasteiger partial charge in [-0.05, 0) is 0 Å². The first-order chi connectivity index (χ1) is 6.00. The van der Waals surface area contributed by atoms with Crippen LogP contribution < -0.4 is 0 Å². The average Bonchev–Trinajstić information content (AvgIpc) is 1.41. The molecule has 0 aromatic heterocycles. The van der Waals surface area contributed by atoms with Crippen molar-refractivity contribution in [3.8, 4) is 0 Å². The van der Waals surface area contributed by atoms with E-state index >= 15 is 0 Å². The third-order valence-corrected chi connectivity index (χ3v) is 0. The van der Waals surface area contributed by atoms with Crippen LogP contribution >= 0.6 is 23.5 Å². The van der Waals surface area contributed by atoms with Gasteiger partial charge in [0.15, 0.2) is 0 Å². The molecule has 0 heterocycles. The Morgan fingerprint density at radius 1 is 0.400 bits per heavy atom. The van der Waals surface area contributed by atoms with Crippen molar-refractivity contribution in [2.45, 2.75) is 0 Å². The Morgan fingerprint density at radius 3 is 0.400 bits per heavy atom. The van der Waals surface area contributed by atoms with Crippen LogP contribution in [0.15, 0.2) is 0 Å². The van der Waals surface area contributed by atoms with Gasteiger partial charge in [-0.15, -0.1) is 0 Å². The molecule has 13 N–H and O–H groups in total. The molecule has 0 radical (unpaired) electrons. The van der Waals surface area contributed by atoms with Crippen molar-refractivity contribution in [1.29, 1.82) is 0 Å². The molecule has 0 atom stereocenters. The molecule has 0 aliphatic rings. The predicted octanol–water partition coefficient (Wildman–Crippen LogP) is -7.18. The third kappa shape index (κ3) is 600. The summed E-state index contributed by atoms with van der Waals surface area (Å²) in [5.41, 5.74) is 0. The summed E-state index contributed by atoms with van der Waals surface area (Å²) < 4.78 is 26.6. The molecule has 0 aliphatic heterocycles. The van der Waals surface area contributed by atoms with Crippen LogP contribution in [0.25, 0.3) is 0 Å². The SMILES string of the molecule is O.O.O=P(O)(O)O.O=P(O)(O)O.O=P(O)(O)O.[CaH2].[CaH2].[CaH2]. The van der Waals surface area contributed by atoms with E-state index in [1.807, 2.05) is 0 Å². The summed E-state index contributed by atoms with van der Waals surface area (Å²) in [6.07, 6.45) is 0. The zero-order valence-corrected chi connectivity index (χ0v) is 10.3. The van der Waals surface area contributed by atoms with Gasteiger partial charge in [0.2, 0.25) is 0 Å². The Hall–Kier alpha value is 4.03. The van der Waals surface area contributed by atoms with E-state index in [1.54, 1.807) is 0 Å². The maximum absolute atomic E-state index is 8.88. The molecular weight excluding hydrogens is 437 g/mol. The summed E-state index contributed by atoms with van der Waals surface area (Å²) in [7, 11) is -13.9. The van der Waals surface area contributed by atoms with E-state index in [9.17, 15) is 0 Å². The minimum absolute atomic E-state index is 0. The monoisotopic (exact) mass is 456 g/mol. The standard InChI is InChI=1S/3Ca.3H3O4P.2H2O.6H/c;;;3*1-5(2,3)4;;;;;;;;/h;;;3*(H3,1,2,3,4);2*1H2;;;;;;. The van der Waals surface area contributed by atoms with Gasteiger partial charge in [-0.3, -0.25) is 0 Å². The molecule has 0 spiro atoms. The number of hydrogen-bond acceptors (Lipinski definition) is 3. The van der Waals surface area contributed by atoms with Gasteiger partial charge in [0, 0.05) is 0 Å². The Balaban J connectivity index is -0.0000000160. The number of phosphoric acid groups is 3. The van der Waals surface area contributed by atoms with Crippen molar-refractivity contribution in [2.24, 2.45) is 0 Å². The number of hydrogen-bond donors (Lipinski definition) is 9. The van der Waals surface area contributed by atoms with E-state index < -0.39 is 23.5 Å². The summed E-state index contributed by atoms with van der Waals surface area (Å²) in [5, 5.41) is 0. The molecular formula is H19Ca3O14P3. The molecule has 0 bridgehead atoms. The van der Waals surface area contributed by atoms with Crippen LogP contribution in [0.1, 0.15) is 0 Å². The summed E-state index contributed by atoms with van der Waals surface area (Å²) in [4.78, 5) is 64.7. The van der Waals surface area contributed by atoms with E-state index in [1.165, 1.54) is 0 Å². The van der Waals surface area contributed by atoms with Crippen LogP contribution in [0.5, 0.6) is 0 Å². The van der Waals surface area contributed by atoms with Gasteiger partial charge < -0.3 is 55.0 Å². The molecule has 14 nitrogen and oxygen atoms in total. The van der Waals surface area contributed by atoms with Gasteiger partial charge in [-0.1, -0.05) is 0 Å². The molecule has 0 saturated heterocycles. The Morgan fingerprint density at radius 2 is 0.400 bits per heavy atom. The quantitative estimate of drug-likeness (QED) is 0.121. The Kier molecular flexibility index (Phi) is 57.1. The van der Waals surface area contributed by atoms with Gasteiger partial charge in [0.05, 0.1) is 0 Å². The normalized spacial score (nSPS) is 8.85. The van der Waals surface area contributed by atoms with Crippen LogP contribution in [-0.4, -0.2) is 168 Å². The first kappa shape index (κ1) is 49.6. The summed E-state index contributed by atoms with van der Waals surface area (Å²) in [6.45, 7) is 0. The van der Waals surface area contributed by atoms with E-state index in [4.69, 9.17) is 57.7 Å². The fraction of sp³-hybridized carbons (Fsp3) is 0. The molecule has 20 heteroatoms. The number of rotatable bonds is 0. The Labute approximate surface area is 201 Å². The van der Waals surface area contributed by atoms with Gasteiger partial charge in [0.1, 0.15) is 0 Å². The summed E-state index contributed by atoms with van der Waals surface area (Å²) >= 11 is 0. The molecule has 0 aromatic rings. The van der Waals surface area contributed by atoms with Crippen molar-refractivity contribution >= 4 is 137 Å². The van der Waals surface area contributed by atoms with Gasteiger partial charge >= 0.3 is 137 Å². The molecule has 0 saturated carbocycles.